The molecule has 0 radical (unpaired) electrons. The van der Waals surface area contributed by atoms with Crippen LogP contribution in [0.1, 0.15) is 19.3 Å². The van der Waals surface area contributed by atoms with Crippen molar-refractivity contribution < 1.29 is 4.74 Å². The number of ether oxygens (including phenoxy) is 1. The molecule has 2 aromatic rings. The zero-order valence-electron chi connectivity index (χ0n) is 13.1. The van der Waals surface area contributed by atoms with Crippen LogP contribution in [0.2, 0.25) is 0 Å². The highest BCUT2D eigenvalue weighted by atomic mass is 16.5. The van der Waals surface area contributed by atoms with Crippen molar-refractivity contribution in [2.45, 2.75) is 25.3 Å². The van der Waals surface area contributed by atoms with E-state index in [4.69, 9.17) is 4.74 Å². The Morgan fingerprint density at radius 2 is 2.09 bits per heavy atom. The summed E-state index contributed by atoms with van der Waals surface area (Å²) in [7, 11) is 0. The molecule has 120 valence electrons. The number of hydrogen-bond donors (Lipinski definition) is 2. The fraction of sp³-hybridized carbons (Fsp3) is 0.444. The van der Waals surface area contributed by atoms with Gasteiger partial charge in [0.15, 0.2) is 0 Å². The highest BCUT2D eigenvalue weighted by molar-refractivity contribution is 5.34. The van der Waals surface area contributed by atoms with Gasteiger partial charge < -0.3 is 15.4 Å². The maximum absolute atomic E-state index is 5.76. The number of nitrogens with zero attached hydrogens (tertiary/aromatic N) is 2. The summed E-state index contributed by atoms with van der Waals surface area (Å²) >= 11 is 0. The van der Waals surface area contributed by atoms with Gasteiger partial charge in [0, 0.05) is 18.3 Å². The third-order valence-electron chi connectivity index (χ3n) is 4.69. The number of rotatable bonds is 5. The maximum Gasteiger partial charge on any atom is 0.226 e. The average molecular weight is 310 g/mol. The number of aromatic nitrogens is 2. The van der Waals surface area contributed by atoms with E-state index in [0.29, 0.717) is 17.9 Å². The third-order valence-corrected chi connectivity index (χ3v) is 4.69. The molecule has 3 unspecified atom stereocenters. The van der Waals surface area contributed by atoms with Gasteiger partial charge in [0.05, 0.1) is 0 Å². The molecular formula is C18H22N4O. The van der Waals surface area contributed by atoms with Crippen molar-refractivity contribution >= 4 is 5.95 Å². The number of piperidine rings is 1. The number of para-hydroxylation sites is 1. The Hall–Kier alpha value is -2.14. The number of hydrogen-bond acceptors (Lipinski definition) is 5. The van der Waals surface area contributed by atoms with E-state index in [1.807, 2.05) is 30.3 Å². The van der Waals surface area contributed by atoms with Gasteiger partial charge in [-0.05, 0) is 56.3 Å². The zero-order valence-corrected chi connectivity index (χ0v) is 13.1. The highest BCUT2D eigenvalue weighted by Gasteiger charge is 2.43. The van der Waals surface area contributed by atoms with Gasteiger partial charge in [-0.2, -0.15) is 4.98 Å². The van der Waals surface area contributed by atoms with E-state index in [1.165, 1.54) is 25.8 Å². The number of nitrogens with one attached hydrogen (secondary N) is 2. The smallest absolute Gasteiger partial charge is 0.226 e. The van der Waals surface area contributed by atoms with E-state index < -0.39 is 0 Å². The molecule has 2 heterocycles. The minimum Gasteiger partial charge on any atom is -0.439 e. The van der Waals surface area contributed by atoms with E-state index in [-0.39, 0.29) is 0 Å². The Balaban J connectivity index is 1.36. The number of anilines is 1. The summed E-state index contributed by atoms with van der Waals surface area (Å²) in [5, 5.41) is 6.96. The summed E-state index contributed by atoms with van der Waals surface area (Å²) in [4.78, 5) is 8.79. The fourth-order valence-electron chi connectivity index (χ4n) is 3.39. The standard InChI is InChI=1S/C18H22N4O/c1-2-6-14(7-3-1)23-17-8-10-20-18(22-17)21-16-11-15(16)13-5-4-9-19-12-13/h1-3,6-8,10,13,15-16,19H,4-5,9,11-12H2,(H,20,21,22). The minimum absolute atomic E-state index is 0.506. The van der Waals surface area contributed by atoms with Crippen LogP contribution in [-0.4, -0.2) is 29.1 Å². The van der Waals surface area contributed by atoms with E-state index in [1.54, 1.807) is 12.3 Å². The van der Waals surface area contributed by atoms with Crippen LogP contribution < -0.4 is 15.4 Å². The lowest BCUT2D eigenvalue weighted by atomic mass is 9.94. The van der Waals surface area contributed by atoms with Gasteiger partial charge in [-0.15, -0.1) is 0 Å². The Kier molecular flexibility index (Phi) is 4.11. The van der Waals surface area contributed by atoms with Gasteiger partial charge >= 0.3 is 0 Å². The molecule has 0 spiro atoms. The van der Waals surface area contributed by atoms with Crippen molar-refractivity contribution in [2.24, 2.45) is 11.8 Å². The molecule has 23 heavy (non-hydrogen) atoms. The molecule has 5 nitrogen and oxygen atoms in total. The van der Waals surface area contributed by atoms with Crippen LogP contribution in [0.25, 0.3) is 0 Å². The van der Waals surface area contributed by atoms with Crippen LogP contribution in [-0.2, 0) is 0 Å². The Labute approximate surface area is 136 Å². The van der Waals surface area contributed by atoms with Crippen molar-refractivity contribution in [3.8, 4) is 11.6 Å². The lowest BCUT2D eigenvalue weighted by molar-refractivity contribution is 0.338. The van der Waals surface area contributed by atoms with Crippen molar-refractivity contribution in [3.05, 3.63) is 42.6 Å². The molecule has 1 aromatic heterocycles. The second-order valence-corrected chi connectivity index (χ2v) is 6.39. The first kappa shape index (κ1) is 14.5. The fourth-order valence-corrected chi connectivity index (χ4v) is 3.39. The summed E-state index contributed by atoms with van der Waals surface area (Å²) in [6.07, 6.45) is 5.60. The van der Waals surface area contributed by atoms with Gasteiger partial charge in [0.25, 0.3) is 0 Å². The maximum atomic E-state index is 5.76. The normalized spacial score (nSPS) is 26.5. The Morgan fingerprint density at radius 1 is 1.17 bits per heavy atom. The summed E-state index contributed by atoms with van der Waals surface area (Å²) in [6.45, 7) is 2.32. The molecule has 1 saturated carbocycles. The molecule has 5 heteroatoms. The van der Waals surface area contributed by atoms with Gasteiger partial charge in [0.2, 0.25) is 11.8 Å². The van der Waals surface area contributed by atoms with E-state index in [2.05, 4.69) is 20.6 Å². The van der Waals surface area contributed by atoms with Crippen LogP contribution in [0.4, 0.5) is 5.95 Å². The van der Waals surface area contributed by atoms with Crippen molar-refractivity contribution in [2.75, 3.05) is 18.4 Å². The first-order valence-electron chi connectivity index (χ1n) is 8.42. The largest absolute Gasteiger partial charge is 0.439 e. The predicted molar refractivity (Wildman–Crippen MR) is 89.7 cm³/mol. The summed E-state index contributed by atoms with van der Waals surface area (Å²) < 4.78 is 5.76. The average Bonchev–Trinajstić information content (AvgIpc) is 3.36. The summed E-state index contributed by atoms with van der Waals surface area (Å²) in [5.74, 6) is 3.57. The summed E-state index contributed by atoms with van der Waals surface area (Å²) in [6, 6.07) is 12.0. The van der Waals surface area contributed by atoms with Crippen LogP contribution >= 0.6 is 0 Å². The molecule has 2 aliphatic rings. The van der Waals surface area contributed by atoms with Gasteiger partial charge in [-0.25, -0.2) is 4.98 Å². The van der Waals surface area contributed by atoms with Crippen LogP contribution in [0.3, 0.4) is 0 Å². The molecule has 1 aliphatic heterocycles. The predicted octanol–water partition coefficient (Wildman–Crippen LogP) is 3.07. The first-order valence-corrected chi connectivity index (χ1v) is 8.42. The van der Waals surface area contributed by atoms with Crippen LogP contribution in [0.5, 0.6) is 11.6 Å². The Bertz CT molecular complexity index is 642. The lowest BCUT2D eigenvalue weighted by Crippen LogP contribution is -2.32. The van der Waals surface area contributed by atoms with Gasteiger partial charge in [-0.1, -0.05) is 18.2 Å². The molecule has 1 aliphatic carbocycles. The molecule has 2 fully saturated rings. The molecule has 2 N–H and O–H groups in total. The quantitative estimate of drug-likeness (QED) is 0.889. The summed E-state index contributed by atoms with van der Waals surface area (Å²) in [5.41, 5.74) is 0. The molecule has 0 amide bonds. The van der Waals surface area contributed by atoms with E-state index in [0.717, 1.165) is 24.1 Å². The second-order valence-electron chi connectivity index (χ2n) is 6.39. The van der Waals surface area contributed by atoms with Gasteiger partial charge in [0.1, 0.15) is 5.75 Å². The lowest BCUT2D eigenvalue weighted by Gasteiger charge is -2.22. The van der Waals surface area contributed by atoms with Crippen LogP contribution in [0.15, 0.2) is 42.6 Å². The van der Waals surface area contributed by atoms with Gasteiger partial charge in [-0.3, -0.25) is 0 Å². The van der Waals surface area contributed by atoms with E-state index in [9.17, 15) is 0 Å². The van der Waals surface area contributed by atoms with Crippen LogP contribution in [0, 0.1) is 11.8 Å². The molecule has 1 saturated heterocycles. The van der Waals surface area contributed by atoms with Crippen molar-refractivity contribution in [3.63, 3.8) is 0 Å². The SMILES string of the molecule is c1ccc(Oc2ccnc(NC3CC3C3CCCNC3)n2)cc1. The third kappa shape index (κ3) is 3.62. The molecule has 4 rings (SSSR count). The van der Waals surface area contributed by atoms with Crippen molar-refractivity contribution in [1.82, 2.24) is 15.3 Å². The number of benzene rings is 1. The van der Waals surface area contributed by atoms with E-state index >= 15 is 0 Å². The molecule has 1 aromatic carbocycles. The van der Waals surface area contributed by atoms with Crippen molar-refractivity contribution in [1.29, 1.82) is 0 Å². The zero-order chi connectivity index (χ0) is 15.5. The molecule has 0 bridgehead atoms. The minimum atomic E-state index is 0.506. The first-order chi connectivity index (χ1) is 11.4. The monoisotopic (exact) mass is 310 g/mol. The molecular weight excluding hydrogens is 288 g/mol. The highest BCUT2D eigenvalue weighted by Crippen LogP contribution is 2.41. The molecule has 3 atom stereocenters. The second kappa shape index (κ2) is 6.54. The Morgan fingerprint density at radius 3 is 2.91 bits per heavy atom. The topological polar surface area (TPSA) is 59.1 Å².